The van der Waals surface area contributed by atoms with Crippen molar-refractivity contribution in [2.24, 2.45) is 0 Å². The van der Waals surface area contributed by atoms with Gasteiger partial charge in [-0.05, 0) is 32.4 Å². The highest BCUT2D eigenvalue weighted by molar-refractivity contribution is 6.29. The maximum Gasteiger partial charge on any atom is 0.299 e. The van der Waals surface area contributed by atoms with Crippen molar-refractivity contribution >= 4 is 11.6 Å². The Morgan fingerprint density at radius 3 is 2.61 bits per heavy atom. The minimum atomic E-state index is -0.309. The van der Waals surface area contributed by atoms with Crippen LogP contribution in [0.25, 0.3) is 0 Å². The normalized spacial score (nSPS) is 16.7. The number of pyridine rings is 1. The first-order valence-corrected chi connectivity index (χ1v) is 7.76. The predicted octanol–water partition coefficient (Wildman–Crippen LogP) is 2.27. The van der Waals surface area contributed by atoms with Gasteiger partial charge in [-0.1, -0.05) is 17.7 Å². The molecule has 0 amide bonds. The van der Waals surface area contributed by atoms with E-state index in [0.29, 0.717) is 30.7 Å². The first-order valence-electron chi connectivity index (χ1n) is 7.38. The van der Waals surface area contributed by atoms with Crippen LogP contribution in [0, 0.1) is 10.1 Å². The van der Waals surface area contributed by atoms with Crippen molar-refractivity contribution in [2.75, 3.05) is 20.3 Å². The maximum atomic E-state index is 11.5. The zero-order chi connectivity index (χ0) is 17.2. The molecule has 8 heteroatoms. The quantitative estimate of drug-likeness (QED) is 0.515. The van der Waals surface area contributed by atoms with Crippen molar-refractivity contribution in [1.82, 2.24) is 20.1 Å². The van der Waals surface area contributed by atoms with E-state index >= 15 is 0 Å². The fourth-order valence-corrected chi connectivity index (χ4v) is 2.62. The molecule has 2 heterocycles. The third-order valence-electron chi connectivity index (χ3n) is 3.84. The number of nitrogens with zero attached hydrogens (tertiary/aromatic N) is 4. The summed E-state index contributed by atoms with van der Waals surface area (Å²) in [5.74, 6) is 0.547. The van der Waals surface area contributed by atoms with Crippen LogP contribution in [-0.4, -0.2) is 45.5 Å². The lowest BCUT2D eigenvalue weighted by atomic mass is 10.1. The predicted molar refractivity (Wildman–Crippen MR) is 89.2 cm³/mol. The van der Waals surface area contributed by atoms with Gasteiger partial charge in [-0.25, -0.2) is 4.98 Å². The van der Waals surface area contributed by atoms with E-state index < -0.39 is 0 Å². The molecule has 1 aliphatic heterocycles. The Labute approximate surface area is 141 Å². The molecular weight excluding hydrogens is 318 g/mol. The molecule has 1 N–H and O–H groups in total. The molecule has 0 aliphatic carbocycles. The molecule has 1 aliphatic rings. The number of halogens is 1. The van der Waals surface area contributed by atoms with Crippen LogP contribution in [0.5, 0.6) is 0 Å². The molecule has 1 aromatic rings. The number of nitro groups is 1. The first-order chi connectivity index (χ1) is 10.7. The van der Waals surface area contributed by atoms with Crippen molar-refractivity contribution in [3.05, 3.63) is 50.7 Å². The van der Waals surface area contributed by atoms with Crippen molar-refractivity contribution in [3.8, 4) is 0 Å². The topological polar surface area (TPSA) is 74.5 Å². The highest BCUT2D eigenvalue weighted by Gasteiger charge is 2.36. The molecule has 23 heavy (non-hydrogen) atoms. The summed E-state index contributed by atoms with van der Waals surface area (Å²) in [6.45, 7) is 7.58. The van der Waals surface area contributed by atoms with Crippen LogP contribution in [0.3, 0.4) is 0 Å². The van der Waals surface area contributed by atoms with E-state index in [9.17, 15) is 10.1 Å². The number of aromatic nitrogens is 1. The van der Waals surface area contributed by atoms with Crippen LogP contribution >= 0.6 is 11.6 Å². The largest absolute Gasteiger partial charge is 0.369 e. The molecule has 0 unspecified atom stereocenters. The molecule has 1 aromatic heterocycles. The number of hydrogen-bond acceptors (Lipinski definition) is 6. The van der Waals surface area contributed by atoms with Gasteiger partial charge in [-0.3, -0.25) is 15.0 Å². The zero-order valence-corrected chi connectivity index (χ0v) is 14.6. The van der Waals surface area contributed by atoms with Gasteiger partial charge in [0, 0.05) is 25.3 Å². The van der Waals surface area contributed by atoms with Crippen molar-refractivity contribution in [2.45, 2.75) is 32.9 Å². The Kier molecular flexibility index (Phi) is 5.11. The van der Waals surface area contributed by atoms with E-state index in [2.05, 4.69) is 36.0 Å². The van der Waals surface area contributed by atoms with Gasteiger partial charge in [0.05, 0.1) is 18.1 Å². The van der Waals surface area contributed by atoms with Crippen LogP contribution < -0.4 is 5.32 Å². The molecule has 2 rings (SSSR count). The lowest BCUT2D eigenvalue weighted by Crippen LogP contribution is -2.54. The van der Waals surface area contributed by atoms with Crippen LogP contribution in [0.2, 0.25) is 5.15 Å². The van der Waals surface area contributed by atoms with Gasteiger partial charge >= 0.3 is 0 Å². The van der Waals surface area contributed by atoms with Gasteiger partial charge in [0.25, 0.3) is 5.70 Å². The maximum absolute atomic E-state index is 11.5. The summed E-state index contributed by atoms with van der Waals surface area (Å²) < 4.78 is 0. The lowest BCUT2D eigenvalue weighted by Gasteiger charge is -2.43. The van der Waals surface area contributed by atoms with Crippen LogP contribution in [0.1, 0.15) is 26.3 Å². The van der Waals surface area contributed by atoms with Gasteiger partial charge in [0.15, 0.2) is 5.82 Å². The minimum Gasteiger partial charge on any atom is -0.369 e. The second-order valence-electron chi connectivity index (χ2n) is 6.50. The fourth-order valence-electron chi connectivity index (χ4n) is 2.51. The molecule has 126 valence electrons. The second kappa shape index (κ2) is 6.72. The molecule has 0 saturated heterocycles. The average Bonchev–Trinajstić information content (AvgIpc) is 2.47. The van der Waals surface area contributed by atoms with E-state index in [0.717, 1.165) is 5.56 Å². The summed E-state index contributed by atoms with van der Waals surface area (Å²) in [5.41, 5.74) is 0.952. The fraction of sp³-hybridized carbons (Fsp3) is 0.533. The Morgan fingerprint density at radius 2 is 2.13 bits per heavy atom. The Bertz CT molecular complexity index is 609. The number of rotatable bonds is 4. The monoisotopic (exact) mass is 339 g/mol. The highest BCUT2D eigenvalue weighted by Crippen LogP contribution is 2.25. The smallest absolute Gasteiger partial charge is 0.299 e. The van der Waals surface area contributed by atoms with Crippen LogP contribution in [-0.2, 0) is 6.54 Å². The van der Waals surface area contributed by atoms with Crippen molar-refractivity contribution in [1.29, 1.82) is 0 Å². The van der Waals surface area contributed by atoms with Crippen LogP contribution in [0.15, 0.2) is 29.8 Å². The SMILES string of the molecule is CNC1=C([N+](=O)[O-])CN(C(C)(C)C)CN1Cc1ccc(Cl)nc1. The van der Waals surface area contributed by atoms with Gasteiger partial charge in [0.2, 0.25) is 0 Å². The lowest BCUT2D eigenvalue weighted by molar-refractivity contribution is -0.433. The summed E-state index contributed by atoms with van der Waals surface area (Å²) in [7, 11) is 1.71. The molecule has 0 fully saturated rings. The van der Waals surface area contributed by atoms with Gasteiger partial charge in [0.1, 0.15) is 5.15 Å². The number of nitrogens with one attached hydrogen (secondary N) is 1. The molecule has 0 bridgehead atoms. The van der Waals surface area contributed by atoms with Crippen LogP contribution in [0.4, 0.5) is 0 Å². The van der Waals surface area contributed by atoms with E-state index in [-0.39, 0.29) is 16.2 Å². The molecular formula is C15H22ClN5O2. The zero-order valence-electron chi connectivity index (χ0n) is 13.8. The first kappa shape index (κ1) is 17.5. The molecule has 0 atom stereocenters. The summed E-state index contributed by atoms with van der Waals surface area (Å²) in [5, 5.41) is 14.9. The molecule has 0 saturated carbocycles. The Balaban J connectivity index is 2.34. The minimum absolute atomic E-state index is 0.170. The average molecular weight is 340 g/mol. The van der Waals surface area contributed by atoms with E-state index in [4.69, 9.17) is 11.6 Å². The van der Waals surface area contributed by atoms with E-state index in [1.165, 1.54) is 0 Å². The summed E-state index contributed by atoms with van der Waals surface area (Å²) >= 11 is 5.81. The third-order valence-corrected chi connectivity index (χ3v) is 4.06. The molecule has 0 spiro atoms. The Morgan fingerprint density at radius 1 is 1.43 bits per heavy atom. The standard InChI is InChI=1S/C15H22ClN5O2/c1-15(2,3)20-9-12(21(22)23)14(17-4)19(10-20)8-11-5-6-13(16)18-7-11/h5-7,17H,8-10H2,1-4H3. The van der Waals surface area contributed by atoms with Gasteiger partial charge in [-0.15, -0.1) is 0 Å². The molecule has 7 nitrogen and oxygen atoms in total. The summed E-state index contributed by atoms with van der Waals surface area (Å²) in [4.78, 5) is 19.3. The summed E-state index contributed by atoms with van der Waals surface area (Å²) in [6, 6.07) is 3.60. The number of hydrogen-bond donors (Lipinski definition) is 1. The molecule has 0 aromatic carbocycles. The highest BCUT2D eigenvalue weighted by atomic mass is 35.5. The van der Waals surface area contributed by atoms with Gasteiger partial charge < -0.3 is 10.2 Å². The molecule has 0 radical (unpaired) electrons. The Hall–Kier alpha value is -1.86. The van der Waals surface area contributed by atoms with E-state index in [1.807, 2.05) is 11.0 Å². The third kappa shape index (κ3) is 4.11. The van der Waals surface area contributed by atoms with Gasteiger partial charge in [-0.2, -0.15) is 0 Å². The van der Waals surface area contributed by atoms with Crippen molar-refractivity contribution < 1.29 is 4.92 Å². The second-order valence-corrected chi connectivity index (χ2v) is 6.89. The van der Waals surface area contributed by atoms with E-state index in [1.54, 1.807) is 19.3 Å². The summed E-state index contributed by atoms with van der Waals surface area (Å²) in [6.07, 6.45) is 1.69. The van der Waals surface area contributed by atoms with Crippen molar-refractivity contribution in [3.63, 3.8) is 0 Å².